The summed E-state index contributed by atoms with van der Waals surface area (Å²) in [6.45, 7) is 15.5. The lowest BCUT2D eigenvalue weighted by Gasteiger charge is -2.09. The minimum absolute atomic E-state index is 0.231. The fraction of sp³-hybridized carbons (Fsp3) is 0.806. The molecular formula is C31H57NO12. The van der Waals surface area contributed by atoms with Crippen molar-refractivity contribution in [1.82, 2.24) is 0 Å². The first-order valence-corrected chi connectivity index (χ1v) is 15.6. The van der Waals surface area contributed by atoms with Gasteiger partial charge < -0.3 is 62.6 Å². The molecule has 0 heterocycles. The monoisotopic (exact) mass is 635 g/mol. The Hall–Kier alpha value is -1.62. The van der Waals surface area contributed by atoms with Crippen LogP contribution in [0.4, 0.5) is 5.69 Å². The third-order valence-electron chi connectivity index (χ3n) is 5.40. The SMILES string of the molecule is CC(C)OCCOCCOCCOCCOCCOCCOCCOCCOCCOCCOCCOc1ccc(N)cc1. The molecule has 0 saturated carbocycles. The number of benzene rings is 1. The van der Waals surface area contributed by atoms with Gasteiger partial charge in [-0.25, -0.2) is 0 Å². The summed E-state index contributed by atoms with van der Waals surface area (Å²) in [6, 6.07) is 7.27. The number of hydrogen-bond acceptors (Lipinski definition) is 13. The van der Waals surface area contributed by atoms with Crippen LogP contribution in [0.5, 0.6) is 5.75 Å². The second kappa shape index (κ2) is 32.8. The van der Waals surface area contributed by atoms with Gasteiger partial charge in [-0.3, -0.25) is 0 Å². The van der Waals surface area contributed by atoms with E-state index in [1.54, 1.807) is 12.1 Å². The molecule has 0 saturated heterocycles. The van der Waals surface area contributed by atoms with Crippen LogP contribution in [0, 0.1) is 0 Å². The molecule has 0 aliphatic carbocycles. The maximum Gasteiger partial charge on any atom is 0.119 e. The molecule has 258 valence electrons. The van der Waals surface area contributed by atoms with E-state index in [2.05, 4.69) is 0 Å². The van der Waals surface area contributed by atoms with Crippen molar-refractivity contribution in [3.63, 3.8) is 0 Å². The van der Waals surface area contributed by atoms with E-state index in [-0.39, 0.29) is 6.10 Å². The van der Waals surface area contributed by atoms with E-state index in [0.29, 0.717) is 151 Å². The van der Waals surface area contributed by atoms with Crippen LogP contribution in [-0.4, -0.2) is 151 Å². The molecule has 0 fully saturated rings. The van der Waals surface area contributed by atoms with E-state index in [4.69, 9.17) is 62.6 Å². The molecule has 2 N–H and O–H groups in total. The summed E-state index contributed by atoms with van der Waals surface area (Å²) in [7, 11) is 0. The zero-order valence-corrected chi connectivity index (χ0v) is 26.9. The number of nitrogen functional groups attached to an aromatic ring is 1. The molecule has 0 atom stereocenters. The fourth-order valence-corrected chi connectivity index (χ4v) is 3.21. The number of nitrogens with two attached hydrogens (primary N) is 1. The third-order valence-corrected chi connectivity index (χ3v) is 5.40. The van der Waals surface area contributed by atoms with Crippen LogP contribution < -0.4 is 10.5 Å². The number of rotatable bonds is 35. The Morgan fingerprint density at radius 2 is 0.636 bits per heavy atom. The van der Waals surface area contributed by atoms with Crippen molar-refractivity contribution in [1.29, 1.82) is 0 Å². The number of ether oxygens (including phenoxy) is 12. The smallest absolute Gasteiger partial charge is 0.119 e. The first-order chi connectivity index (χ1) is 21.7. The van der Waals surface area contributed by atoms with Gasteiger partial charge in [0, 0.05) is 5.69 Å². The van der Waals surface area contributed by atoms with Gasteiger partial charge in [0.05, 0.1) is 145 Å². The normalized spacial score (nSPS) is 11.5. The highest BCUT2D eigenvalue weighted by Crippen LogP contribution is 2.12. The van der Waals surface area contributed by atoms with E-state index in [9.17, 15) is 0 Å². The van der Waals surface area contributed by atoms with E-state index in [1.807, 2.05) is 26.0 Å². The molecule has 0 amide bonds. The quantitative estimate of drug-likeness (QED) is 0.0863. The second-order valence-electron chi connectivity index (χ2n) is 9.46. The predicted octanol–water partition coefficient (Wildman–Crippen LogP) is 2.24. The highest BCUT2D eigenvalue weighted by Gasteiger charge is 1.98. The Bertz CT molecular complexity index is 699. The molecule has 0 aliphatic heterocycles. The van der Waals surface area contributed by atoms with Gasteiger partial charge in [-0.15, -0.1) is 0 Å². The van der Waals surface area contributed by atoms with E-state index >= 15 is 0 Å². The summed E-state index contributed by atoms with van der Waals surface area (Å²) in [6.07, 6.45) is 0.231. The first kappa shape index (κ1) is 40.4. The van der Waals surface area contributed by atoms with Crippen LogP contribution in [0.15, 0.2) is 24.3 Å². The first-order valence-electron chi connectivity index (χ1n) is 15.6. The number of hydrogen-bond donors (Lipinski definition) is 1. The Labute approximate surface area is 263 Å². The second-order valence-corrected chi connectivity index (χ2v) is 9.46. The largest absolute Gasteiger partial charge is 0.491 e. The van der Waals surface area contributed by atoms with E-state index in [1.165, 1.54) is 0 Å². The molecule has 0 unspecified atom stereocenters. The van der Waals surface area contributed by atoms with Gasteiger partial charge in [0.15, 0.2) is 0 Å². The summed E-state index contributed by atoms with van der Waals surface area (Å²) in [4.78, 5) is 0. The van der Waals surface area contributed by atoms with Crippen molar-refractivity contribution in [2.75, 3.05) is 151 Å². The molecule has 0 aromatic heterocycles. The van der Waals surface area contributed by atoms with Gasteiger partial charge in [-0.05, 0) is 38.1 Å². The van der Waals surface area contributed by atoms with Crippen LogP contribution in [0.1, 0.15) is 13.8 Å². The topological polar surface area (TPSA) is 137 Å². The van der Waals surface area contributed by atoms with Crippen LogP contribution in [-0.2, 0) is 52.1 Å². The van der Waals surface area contributed by atoms with Gasteiger partial charge in [-0.1, -0.05) is 0 Å². The minimum Gasteiger partial charge on any atom is -0.491 e. The van der Waals surface area contributed by atoms with Crippen molar-refractivity contribution in [2.24, 2.45) is 0 Å². The molecule has 13 nitrogen and oxygen atoms in total. The highest BCUT2D eigenvalue weighted by molar-refractivity contribution is 5.41. The van der Waals surface area contributed by atoms with Crippen LogP contribution in [0.2, 0.25) is 0 Å². The van der Waals surface area contributed by atoms with Gasteiger partial charge in [-0.2, -0.15) is 0 Å². The number of anilines is 1. The Morgan fingerprint density at radius 3 is 0.909 bits per heavy atom. The van der Waals surface area contributed by atoms with E-state index in [0.717, 1.165) is 5.75 Å². The highest BCUT2D eigenvalue weighted by atomic mass is 16.6. The minimum atomic E-state index is 0.231. The van der Waals surface area contributed by atoms with E-state index < -0.39 is 0 Å². The molecule has 1 aromatic carbocycles. The van der Waals surface area contributed by atoms with Crippen LogP contribution in [0.25, 0.3) is 0 Å². The Balaban J connectivity index is 1.63. The average molecular weight is 636 g/mol. The molecular weight excluding hydrogens is 578 g/mol. The summed E-state index contributed by atoms with van der Waals surface area (Å²) in [5, 5.41) is 0. The molecule has 1 rings (SSSR count). The predicted molar refractivity (Wildman–Crippen MR) is 166 cm³/mol. The van der Waals surface area contributed by atoms with Crippen LogP contribution >= 0.6 is 0 Å². The van der Waals surface area contributed by atoms with Crippen LogP contribution in [0.3, 0.4) is 0 Å². The summed E-state index contributed by atoms with van der Waals surface area (Å²) >= 11 is 0. The maximum atomic E-state index is 5.64. The van der Waals surface area contributed by atoms with Gasteiger partial charge in [0.25, 0.3) is 0 Å². The van der Waals surface area contributed by atoms with Crippen molar-refractivity contribution in [2.45, 2.75) is 20.0 Å². The van der Waals surface area contributed by atoms with Gasteiger partial charge in [0.2, 0.25) is 0 Å². The zero-order chi connectivity index (χ0) is 31.6. The van der Waals surface area contributed by atoms with Crippen molar-refractivity contribution in [3.8, 4) is 5.75 Å². The average Bonchev–Trinajstić information content (AvgIpc) is 3.02. The molecule has 0 aliphatic rings. The molecule has 44 heavy (non-hydrogen) atoms. The maximum absolute atomic E-state index is 5.64. The van der Waals surface area contributed by atoms with Crippen molar-refractivity contribution < 1.29 is 56.8 Å². The molecule has 1 aromatic rings. The summed E-state index contributed by atoms with van der Waals surface area (Å²) < 4.78 is 65.6. The van der Waals surface area contributed by atoms with Crippen molar-refractivity contribution >= 4 is 5.69 Å². The molecule has 0 radical (unpaired) electrons. The van der Waals surface area contributed by atoms with Gasteiger partial charge in [0.1, 0.15) is 12.4 Å². The van der Waals surface area contributed by atoms with Crippen molar-refractivity contribution in [3.05, 3.63) is 24.3 Å². The Morgan fingerprint density at radius 1 is 0.386 bits per heavy atom. The van der Waals surface area contributed by atoms with Gasteiger partial charge >= 0.3 is 0 Å². The summed E-state index contributed by atoms with van der Waals surface area (Å²) in [5.74, 6) is 0.773. The summed E-state index contributed by atoms with van der Waals surface area (Å²) in [5.41, 5.74) is 6.35. The lowest BCUT2D eigenvalue weighted by molar-refractivity contribution is -0.0288. The zero-order valence-electron chi connectivity index (χ0n) is 26.9. The lowest BCUT2D eigenvalue weighted by atomic mass is 10.3. The molecule has 0 bridgehead atoms. The standard InChI is InChI=1S/C31H57NO12/c1-29(2)43-27-25-41-23-21-39-19-17-37-15-13-35-11-9-33-7-8-34-10-12-36-14-16-38-18-20-40-22-24-42-26-28-44-31-5-3-30(32)4-6-31/h3-6,29H,7-28,32H2,1-2H3. The Kier molecular flexibility index (Phi) is 30.1. The fourth-order valence-electron chi connectivity index (χ4n) is 3.21. The molecule has 13 heteroatoms. The molecule has 0 spiro atoms. The third kappa shape index (κ3) is 30.4. The lowest BCUT2D eigenvalue weighted by Crippen LogP contribution is -2.15.